The van der Waals surface area contributed by atoms with Gasteiger partial charge in [-0.1, -0.05) is 58.4 Å². The number of hydrogen-bond acceptors (Lipinski definition) is 2. The first-order valence-electron chi connectivity index (χ1n) is 7.43. The van der Waals surface area contributed by atoms with Crippen molar-refractivity contribution in [3.8, 4) is 0 Å². The lowest BCUT2D eigenvalue weighted by Gasteiger charge is -2.42. The van der Waals surface area contributed by atoms with Gasteiger partial charge in [0.1, 0.15) is 0 Å². The molecule has 110 valence electrons. The van der Waals surface area contributed by atoms with Crippen LogP contribution in [0.15, 0.2) is 59.1 Å². The van der Waals surface area contributed by atoms with E-state index in [2.05, 4.69) is 87.7 Å². The van der Waals surface area contributed by atoms with Crippen LogP contribution in [-0.4, -0.2) is 24.5 Å². The summed E-state index contributed by atoms with van der Waals surface area (Å²) < 4.78 is 1.15. The molecule has 3 heteroatoms. The summed E-state index contributed by atoms with van der Waals surface area (Å²) in [5.41, 5.74) is 2.76. The van der Waals surface area contributed by atoms with Gasteiger partial charge in [-0.3, -0.25) is 4.90 Å². The van der Waals surface area contributed by atoms with Gasteiger partial charge in [0, 0.05) is 30.7 Å². The molecule has 2 aromatic carbocycles. The highest BCUT2D eigenvalue weighted by Crippen LogP contribution is 2.25. The van der Waals surface area contributed by atoms with Crippen LogP contribution in [-0.2, 0) is 12.1 Å². The van der Waals surface area contributed by atoms with Crippen molar-refractivity contribution < 1.29 is 0 Å². The highest BCUT2D eigenvalue weighted by Gasteiger charge is 2.31. The lowest BCUT2D eigenvalue weighted by Crippen LogP contribution is -2.56. The fourth-order valence-corrected chi connectivity index (χ4v) is 3.55. The maximum Gasteiger partial charge on any atom is 0.0535 e. The molecule has 0 amide bonds. The molecular formula is C18H21BrN2. The average molecular weight is 345 g/mol. The van der Waals surface area contributed by atoms with Gasteiger partial charge in [0.15, 0.2) is 0 Å². The number of rotatable bonds is 3. The van der Waals surface area contributed by atoms with Gasteiger partial charge in [0.2, 0.25) is 0 Å². The van der Waals surface area contributed by atoms with Gasteiger partial charge < -0.3 is 5.32 Å². The van der Waals surface area contributed by atoms with E-state index >= 15 is 0 Å². The lowest BCUT2D eigenvalue weighted by atomic mass is 9.89. The molecule has 1 atom stereocenters. The minimum atomic E-state index is 0.0333. The van der Waals surface area contributed by atoms with E-state index in [1.54, 1.807) is 0 Å². The van der Waals surface area contributed by atoms with E-state index in [0.29, 0.717) is 0 Å². The first-order chi connectivity index (χ1) is 10.2. The summed E-state index contributed by atoms with van der Waals surface area (Å²) in [6.07, 6.45) is 0. The Bertz CT molecular complexity index is 599. The fourth-order valence-electron chi connectivity index (χ4n) is 3.10. The van der Waals surface area contributed by atoms with E-state index in [9.17, 15) is 0 Å². The Labute approximate surface area is 135 Å². The van der Waals surface area contributed by atoms with Gasteiger partial charge in [0.25, 0.3) is 0 Å². The standard InChI is InChI=1S/C18H21BrN2/c1-18(16-7-3-2-4-8-16)14-21(11-10-20-18)13-15-6-5-9-17(19)12-15/h2-9,12,20H,10-11,13-14H2,1H3. The predicted molar refractivity (Wildman–Crippen MR) is 91.2 cm³/mol. The average Bonchev–Trinajstić information content (AvgIpc) is 2.48. The van der Waals surface area contributed by atoms with Crippen LogP contribution in [0.4, 0.5) is 0 Å². The first-order valence-corrected chi connectivity index (χ1v) is 8.22. The summed E-state index contributed by atoms with van der Waals surface area (Å²) in [6.45, 7) is 6.46. The quantitative estimate of drug-likeness (QED) is 0.911. The summed E-state index contributed by atoms with van der Waals surface area (Å²) in [5.74, 6) is 0. The van der Waals surface area contributed by atoms with Crippen molar-refractivity contribution in [3.05, 3.63) is 70.2 Å². The summed E-state index contributed by atoms with van der Waals surface area (Å²) in [5, 5.41) is 3.69. The molecule has 0 bridgehead atoms. The number of benzene rings is 2. The summed E-state index contributed by atoms with van der Waals surface area (Å²) in [4.78, 5) is 2.53. The van der Waals surface area contributed by atoms with Gasteiger partial charge in [0.05, 0.1) is 5.54 Å². The Morgan fingerprint density at radius 1 is 1.14 bits per heavy atom. The Balaban J connectivity index is 1.74. The van der Waals surface area contributed by atoms with Crippen molar-refractivity contribution in [1.29, 1.82) is 0 Å². The highest BCUT2D eigenvalue weighted by molar-refractivity contribution is 9.10. The van der Waals surface area contributed by atoms with Gasteiger partial charge in [-0.2, -0.15) is 0 Å². The molecule has 0 aliphatic carbocycles. The molecule has 21 heavy (non-hydrogen) atoms. The van der Waals surface area contributed by atoms with E-state index < -0.39 is 0 Å². The number of hydrogen-bond donors (Lipinski definition) is 1. The number of nitrogens with one attached hydrogen (secondary N) is 1. The molecule has 0 spiro atoms. The first kappa shape index (κ1) is 14.8. The van der Waals surface area contributed by atoms with Crippen LogP contribution in [0.5, 0.6) is 0 Å². The van der Waals surface area contributed by atoms with Crippen LogP contribution < -0.4 is 5.32 Å². The maximum absolute atomic E-state index is 3.69. The monoisotopic (exact) mass is 344 g/mol. The molecule has 2 nitrogen and oxygen atoms in total. The molecular weight excluding hydrogens is 324 g/mol. The van der Waals surface area contributed by atoms with E-state index in [4.69, 9.17) is 0 Å². The minimum absolute atomic E-state index is 0.0333. The second kappa shape index (κ2) is 6.30. The second-order valence-corrected chi connectivity index (χ2v) is 6.88. The molecule has 1 unspecified atom stereocenters. The molecule has 1 fully saturated rings. The third-order valence-corrected chi connectivity index (χ3v) is 4.68. The zero-order valence-corrected chi connectivity index (χ0v) is 13.9. The van der Waals surface area contributed by atoms with Crippen LogP contribution in [0.2, 0.25) is 0 Å². The number of nitrogens with zero attached hydrogens (tertiary/aromatic N) is 1. The van der Waals surface area contributed by atoms with Crippen LogP contribution >= 0.6 is 15.9 Å². The lowest BCUT2D eigenvalue weighted by molar-refractivity contribution is 0.136. The summed E-state index contributed by atoms with van der Waals surface area (Å²) >= 11 is 3.56. The van der Waals surface area contributed by atoms with Crippen molar-refractivity contribution in [2.75, 3.05) is 19.6 Å². The van der Waals surface area contributed by atoms with Gasteiger partial charge >= 0.3 is 0 Å². The smallest absolute Gasteiger partial charge is 0.0535 e. The molecule has 1 aliphatic rings. The fraction of sp³-hybridized carbons (Fsp3) is 0.333. The van der Waals surface area contributed by atoms with E-state index in [-0.39, 0.29) is 5.54 Å². The van der Waals surface area contributed by atoms with E-state index in [1.807, 2.05) is 0 Å². The van der Waals surface area contributed by atoms with E-state index in [1.165, 1.54) is 11.1 Å². The Kier molecular flexibility index (Phi) is 4.43. The molecule has 2 aromatic rings. The third-order valence-electron chi connectivity index (χ3n) is 4.19. The van der Waals surface area contributed by atoms with Gasteiger partial charge in [-0.25, -0.2) is 0 Å². The van der Waals surface area contributed by atoms with Crippen molar-refractivity contribution in [1.82, 2.24) is 10.2 Å². The summed E-state index contributed by atoms with van der Waals surface area (Å²) in [7, 11) is 0. The molecule has 0 radical (unpaired) electrons. The minimum Gasteiger partial charge on any atom is -0.305 e. The molecule has 1 saturated heterocycles. The van der Waals surface area contributed by atoms with Crippen LogP contribution in [0.25, 0.3) is 0 Å². The largest absolute Gasteiger partial charge is 0.305 e. The van der Waals surface area contributed by atoms with Gasteiger partial charge in [-0.05, 0) is 30.2 Å². The molecule has 1 N–H and O–H groups in total. The molecule has 0 aromatic heterocycles. The third kappa shape index (κ3) is 3.54. The number of halogens is 1. The Morgan fingerprint density at radius 2 is 1.95 bits per heavy atom. The maximum atomic E-state index is 3.69. The molecule has 3 rings (SSSR count). The van der Waals surface area contributed by atoms with Crippen molar-refractivity contribution in [3.63, 3.8) is 0 Å². The molecule has 0 saturated carbocycles. The highest BCUT2D eigenvalue weighted by atomic mass is 79.9. The van der Waals surface area contributed by atoms with Crippen molar-refractivity contribution >= 4 is 15.9 Å². The SMILES string of the molecule is CC1(c2ccccc2)CN(Cc2cccc(Br)c2)CCN1. The zero-order valence-electron chi connectivity index (χ0n) is 12.3. The zero-order chi connectivity index (χ0) is 14.7. The Morgan fingerprint density at radius 3 is 2.71 bits per heavy atom. The summed E-state index contributed by atoms with van der Waals surface area (Å²) in [6, 6.07) is 19.4. The van der Waals surface area contributed by atoms with Crippen LogP contribution in [0.1, 0.15) is 18.1 Å². The molecule has 1 heterocycles. The van der Waals surface area contributed by atoms with Crippen LogP contribution in [0.3, 0.4) is 0 Å². The topological polar surface area (TPSA) is 15.3 Å². The van der Waals surface area contributed by atoms with E-state index in [0.717, 1.165) is 30.7 Å². The second-order valence-electron chi connectivity index (χ2n) is 5.97. The number of piperazine rings is 1. The molecule has 1 aliphatic heterocycles. The van der Waals surface area contributed by atoms with Crippen molar-refractivity contribution in [2.24, 2.45) is 0 Å². The van der Waals surface area contributed by atoms with Gasteiger partial charge in [-0.15, -0.1) is 0 Å². The normalized spacial score (nSPS) is 23.1. The predicted octanol–water partition coefficient (Wildman–Crippen LogP) is 3.77. The Hall–Kier alpha value is -1.16. The van der Waals surface area contributed by atoms with Crippen LogP contribution in [0, 0.1) is 0 Å². The van der Waals surface area contributed by atoms with Crippen molar-refractivity contribution in [2.45, 2.75) is 19.0 Å².